The van der Waals surface area contributed by atoms with Gasteiger partial charge in [-0.1, -0.05) is 60.1 Å². The summed E-state index contributed by atoms with van der Waals surface area (Å²) in [5.74, 6) is 5.61. The first-order valence-corrected chi connectivity index (χ1v) is 7.27. The van der Waals surface area contributed by atoms with Gasteiger partial charge in [-0.2, -0.15) is 0 Å². The molecule has 1 aromatic carbocycles. The van der Waals surface area contributed by atoms with Crippen LogP contribution in [-0.2, 0) is 0 Å². The van der Waals surface area contributed by atoms with E-state index in [1.54, 1.807) is 0 Å². The van der Waals surface area contributed by atoms with Gasteiger partial charge < -0.3 is 0 Å². The molecule has 2 nitrogen and oxygen atoms in total. The molecule has 0 aliphatic heterocycles. The largest absolute Gasteiger partial charge is 0.271 e. The molecule has 4 heteroatoms. The second kappa shape index (κ2) is 8.09. The van der Waals surface area contributed by atoms with Crippen LogP contribution in [0.5, 0.6) is 0 Å². The maximum Gasteiger partial charge on any atom is 0.0475 e. The zero-order valence-corrected chi connectivity index (χ0v) is 12.5. The predicted molar refractivity (Wildman–Crippen MR) is 78.0 cm³/mol. The Morgan fingerprint density at radius 3 is 2.76 bits per heavy atom. The van der Waals surface area contributed by atoms with Crippen molar-refractivity contribution in [3.63, 3.8) is 0 Å². The van der Waals surface area contributed by atoms with Crippen molar-refractivity contribution in [1.29, 1.82) is 0 Å². The lowest BCUT2D eigenvalue weighted by atomic mass is 10.0. The average Bonchev–Trinajstić information content (AvgIpc) is 2.33. The van der Waals surface area contributed by atoms with Gasteiger partial charge in [-0.25, -0.2) is 0 Å². The Morgan fingerprint density at radius 2 is 2.12 bits per heavy atom. The number of unbranched alkanes of at least 4 members (excludes halogenated alkanes) is 3. The maximum atomic E-state index is 6.19. The van der Waals surface area contributed by atoms with Crippen molar-refractivity contribution in [2.24, 2.45) is 5.84 Å². The number of hydrogen-bond donors (Lipinski definition) is 2. The second-order valence-corrected chi connectivity index (χ2v) is 5.56. The zero-order valence-electron chi connectivity index (χ0n) is 10.2. The van der Waals surface area contributed by atoms with Gasteiger partial charge in [0.1, 0.15) is 0 Å². The van der Waals surface area contributed by atoms with Gasteiger partial charge in [0.15, 0.2) is 0 Å². The average molecular weight is 320 g/mol. The van der Waals surface area contributed by atoms with Gasteiger partial charge in [-0.15, -0.1) is 0 Å². The minimum atomic E-state index is 0.136. The Hall–Kier alpha value is -0.0900. The molecule has 0 spiro atoms. The number of nitrogens with two attached hydrogens (primary N) is 1. The van der Waals surface area contributed by atoms with Crippen LogP contribution < -0.4 is 11.3 Å². The molecule has 17 heavy (non-hydrogen) atoms. The first-order valence-electron chi connectivity index (χ1n) is 6.10. The third kappa shape index (κ3) is 4.96. The highest BCUT2D eigenvalue weighted by molar-refractivity contribution is 9.10. The molecular weight excluding hydrogens is 300 g/mol. The molecule has 0 amide bonds. The van der Waals surface area contributed by atoms with Crippen molar-refractivity contribution in [3.8, 4) is 0 Å². The van der Waals surface area contributed by atoms with Gasteiger partial charge in [-0.3, -0.25) is 11.3 Å². The number of rotatable bonds is 7. The molecule has 96 valence electrons. The van der Waals surface area contributed by atoms with Crippen LogP contribution in [0.1, 0.15) is 50.6 Å². The van der Waals surface area contributed by atoms with E-state index in [0.29, 0.717) is 0 Å². The highest BCUT2D eigenvalue weighted by Gasteiger charge is 2.13. The summed E-state index contributed by atoms with van der Waals surface area (Å²) in [4.78, 5) is 0. The smallest absolute Gasteiger partial charge is 0.0475 e. The lowest BCUT2D eigenvalue weighted by Crippen LogP contribution is -2.28. The third-order valence-electron chi connectivity index (χ3n) is 2.88. The first-order chi connectivity index (χ1) is 8.19. The predicted octanol–water partition coefficient (Wildman–Crippen LogP) is 4.58. The molecule has 0 saturated carbocycles. The SMILES string of the molecule is CCCCCCC(NN)c1cc(Br)ccc1Cl. The van der Waals surface area contributed by atoms with Crippen molar-refractivity contribution >= 4 is 27.5 Å². The van der Waals surface area contributed by atoms with Gasteiger partial charge >= 0.3 is 0 Å². The highest BCUT2D eigenvalue weighted by Crippen LogP contribution is 2.29. The normalized spacial score (nSPS) is 12.7. The van der Waals surface area contributed by atoms with Crippen molar-refractivity contribution < 1.29 is 0 Å². The van der Waals surface area contributed by atoms with Crippen LogP contribution in [0.15, 0.2) is 22.7 Å². The van der Waals surface area contributed by atoms with Crippen molar-refractivity contribution in [3.05, 3.63) is 33.3 Å². The van der Waals surface area contributed by atoms with E-state index in [1.807, 2.05) is 18.2 Å². The summed E-state index contributed by atoms with van der Waals surface area (Å²) in [6.45, 7) is 2.21. The molecule has 1 rings (SSSR count). The Kier molecular flexibility index (Phi) is 7.12. The highest BCUT2D eigenvalue weighted by atomic mass is 79.9. The van der Waals surface area contributed by atoms with Crippen LogP contribution >= 0.6 is 27.5 Å². The number of hydrogen-bond acceptors (Lipinski definition) is 2. The Balaban J connectivity index is 2.62. The standard InChI is InChI=1S/C13H20BrClN2/c1-2-3-4-5-6-13(17-16)11-9-10(14)7-8-12(11)15/h7-9,13,17H,2-6,16H2,1H3. The lowest BCUT2D eigenvalue weighted by Gasteiger charge is -2.18. The fourth-order valence-corrected chi connectivity index (χ4v) is 2.51. The van der Waals surface area contributed by atoms with E-state index in [9.17, 15) is 0 Å². The molecule has 0 radical (unpaired) electrons. The van der Waals surface area contributed by atoms with Crippen LogP contribution in [0.3, 0.4) is 0 Å². The molecular formula is C13H20BrClN2. The fraction of sp³-hybridized carbons (Fsp3) is 0.538. The van der Waals surface area contributed by atoms with E-state index < -0.39 is 0 Å². The molecule has 3 N–H and O–H groups in total. The minimum Gasteiger partial charge on any atom is -0.271 e. The fourth-order valence-electron chi connectivity index (χ4n) is 1.89. The monoisotopic (exact) mass is 318 g/mol. The van der Waals surface area contributed by atoms with Gasteiger partial charge in [-0.05, 0) is 30.2 Å². The summed E-state index contributed by atoms with van der Waals surface area (Å²) in [7, 11) is 0. The van der Waals surface area contributed by atoms with Gasteiger partial charge in [0, 0.05) is 15.5 Å². The van der Waals surface area contributed by atoms with E-state index in [-0.39, 0.29) is 6.04 Å². The molecule has 0 bridgehead atoms. The quantitative estimate of drug-likeness (QED) is 0.438. The minimum absolute atomic E-state index is 0.136. The topological polar surface area (TPSA) is 38.0 Å². The number of benzene rings is 1. The van der Waals surface area contributed by atoms with Gasteiger partial charge in [0.25, 0.3) is 0 Å². The number of nitrogens with one attached hydrogen (secondary N) is 1. The Bertz CT molecular complexity index is 344. The first kappa shape index (κ1) is 15.0. The summed E-state index contributed by atoms with van der Waals surface area (Å²) in [5, 5.41) is 0.770. The number of halogens is 2. The Labute approximate surface area is 117 Å². The van der Waals surface area contributed by atoms with Gasteiger partial charge in [0.05, 0.1) is 0 Å². The van der Waals surface area contributed by atoms with Crippen molar-refractivity contribution in [1.82, 2.24) is 5.43 Å². The summed E-state index contributed by atoms with van der Waals surface area (Å²) in [6.07, 6.45) is 5.97. The van der Waals surface area contributed by atoms with Crippen molar-refractivity contribution in [2.45, 2.75) is 45.1 Å². The molecule has 0 aliphatic rings. The van der Waals surface area contributed by atoms with E-state index in [2.05, 4.69) is 28.3 Å². The van der Waals surface area contributed by atoms with Crippen LogP contribution in [-0.4, -0.2) is 0 Å². The number of hydrazine groups is 1. The molecule has 1 unspecified atom stereocenters. The molecule has 0 fully saturated rings. The molecule has 0 heterocycles. The molecule has 0 saturated heterocycles. The zero-order chi connectivity index (χ0) is 12.7. The molecule has 1 atom stereocenters. The van der Waals surface area contributed by atoms with E-state index in [4.69, 9.17) is 17.4 Å². The van der Waals surface area contributed by atoms with E-state index in [1.165, 1.54) is 25.7 Å². The maximum absolute atomic E-state index is 6.19. The lowest BCUT2D eigenvalue weighted by molar-refractivity contribution is 0.482. The van der Waals surface area contributed by atoms with Crippen molar-refractivity contribution in [2.75, 3.05) is 0 Å². The van der Waals surface area contributed by atoms with E-state index in [0.717, 1.165) is 21.5 Å². The molecule has 1 aromatic rings. The van der Waals surface area contributed by atoms with Crippen LogP contribution in [0, 0.1) is 0 Å². The van der Waals surface area contributed by atoms with E-state index >= 15 is 0 Å². The van der Waals surface area contributed by atoms with Crippen LogP contribution in [0.2, 0.25) is 5.02 Å². The second-order valence-electron chi connectivity index (χ2n) is 4.23. The third-order valence-corrected chi connectivity index (χ3v) is 3.72. The van der Waals surface area contributed by atoms with Crippen LogP contribution in [0.4, 0.5) is 0 Å². The molecule has 0 aliphatic carbocycles. The molecule has 0 aromatic heterocycles. The summed E-state index contributed by atoms with van der Waals surface area (Å²) in [5.41, 5.74) is 3.93. The summed E-state index contributed by atoms with van der Waals surface area (Å²) >= 11 is 9.65. The Morgan fingerprint density at radius 1 is 1.35 bits per heavy atom. The van der Waals surface area contributed by atoms with Crippen LogP contribution in [0.25, 0.3) is 0 Å². The van der Waals surface area contributed by atoms with Gasteiger partial charge in [0.2, 0.25) is 0 Å². The summed E-state index contributed by atoms with van der Waals surface area (Å²) < 4.78 is 1.03. The summed E-state index contributed by atoms with van der Waals surface area (Å²) in [6, 6.07) is 6.01.